The highest BCUT2D eigenvalue weighted by molar-refractivity contribution is 5.99. The van der Waals surface area contributed by atoms with Gasteiger partial charge in [-0.05, 0) is 55.4 Å². The summed E-state index contributed by atoms with van der Waals surface area (Å²) < 4.78 is 0. The van der Waals surface area contributed by atoms with Gasteiger partial charge in [0.1, 0.15) is 5.69 Å². The molecule has 172 valence electrons. The standard InChI is InChI=1S/C26H27N7O/c1-2-32-15-26(16-32)9-12-33(17-26)24(34)23-14-18-13-19(6-7-20(18)30-23)29-25-28-11-8-22(31-25)21-5-3-4-10-27-21/h3-8,10-11,13-14,30H,2,9,12,15-17H2,1H3,(H,28,29,31). The Bertz CT molecular complexity index is 1340. The quantitative estimate of drug-likeness (QED) is 0.476. The van der Waals surface area contributed by atoms with Crippen LogP contribution in [-0.4, -0.2) is 68.4 Å². The predicted octanol–water partition coefficient (Wildman–Crippen LogP) is 3.93. The Morgan fingerprint density at radius 2 is 1.97 bits per heavy atom. The van der Waals surface area contributed by atoms with E-state index in [0.717, 1.165) is 67.1 Å². The van der Waals surface area contributed by atoms with E-state index in [-0.39, 0.29) is 5.91 Å². The van der Waals surface area contributed by atoms with Gasteiger partial charge in [0.25, 0.3) is 5.91 Å². The van der Waals surface area contributed by atoms with Crippen molar-refractivity contribution in [3.05, 3.63) is 66.6 Å². The molecule has 1 aromatic carbocycles. The fraction of sp³-hybridized carbons (Fsp3) is 0.308. The highest BCUT2D eigenvalue weighted by Crippen LogP contribution is 2.39. The molecule has 0 aliphatic carbocycles. The first-order valence-corrected chi connectivity index (χ1v) is 11.8. The lowest BCUT2D eigenvalue weighted by Crippen LogP contribution is -2.57. The van der Waals surface area contributed by atoms with Gasteiger partial charge in [0.15, 0.2) is 0 Å². The molecule has 0 bridgehead atoms. The average molecular weight is 454 g/mol. The van der Waals surface area contributed by atoms with E-state index in [4.69, 9.17) is 0 Å². The summed E-state index contributed by atoms with van der Waals surface area (Å²) in [6.07, 6.45) is 4.56. The third-order valence-corrected chi connectivity index (χ3v) is 6.98. The van der Waals surface area contributed by atoms with E-state index in [1.807, 2.05) is 53.4 Å². The minimum Gasteiger partial charge on any atom is -0.351 e. The van der Waals surface area contributed by atoms with E-state index in [9.17, 15) is 4.79 Å². The number of fused-ring (bicyclic) bond motifs is 1. The second kappa shape index (κ2) is 8.22. The van der Waals surface area contributed by atoms with Crippen LogP contribution in [0.2, 0.25) is 0 Å². The number of rotatable bonds is 5. The van der Waals surface area contributed by atoms with Crippen molar-refractivity contribution in [1.82, 2.24) is 29.7 Å². The first-order valence-electron chi connectivity index (χ1n) is 11.8. The summed E-state index contributed by atoms with van der Waals surface area (Å²) >= 11 is 0. The highest BCUT2D eigenvalue weighted by Gasteiger charge is 2.48. The maximum absolute atomic E-state index is 13.2. The van der Waals surface area contributed by atoms with Gasteiger partial charge in [-0.25, -0.2) is 9.97 Å². The van der Waals surface area contributed by atoms with Gasteiger partial charge in [-0.15, -0.1) is 0 Å². The Kier molecular flexibility index (Phi) is 5.03. The van der Waals surface area contributed by atoms with Crippen molar-refractivity contribution in [2.24, 2.45) is 5.41 Å². The van der Waals surface area contributed by atoms with E-state index in [0.29, 0.717) is 17.1 Å². The molecular weight excluding hydrogens is 426 g/mol. The summed E-state index contributed by atoms with van der Waals surface area (Å²) in [5.74, 6) is 0.585. The van der Waals surface area contributed by atoms with Gasteiger partial charge >= 0.3 is 0 Å². The number of amides is 1. The summed E-state index contributed by atoms with van der Waals surface area (Å²) in [7, 11) is 0. The summed E-state index contributed by atoms with van der Waals surface area (Å²) in [6, 6.07) is 15.5. The first-order chi connectivity index (χ1) is 16.6. The number of pyridine rings is 1. The Morgan fingerprint density at radius 3 is 2.79 bits per heavy atom. The van der Waals surface area contributed by atoms with Crippen LogP contribution in [0.15, 0.2) is 60.9 Å². The zero-order valence-corrected chi connectivity index (χ0v) is 19.2. The Morgan fingerprint density at radius 1 is 1.06 bits per heavy atom. The number of H-pyrrole nitrogens is 1. The molecule has 2 saturated heterocycles. The molecule has 0 unspecified atom stereocenters. The molecule has 2 fully saturated rings. The van der Waals surface area contributed by atoms with E-state index in [1.54, 1.807) is 12.4 Å². The smallest absolute Gasteiger partial charge is 0.270 e. The molecule has 6 rings (SSSR count). The average Bonchev–Trinajstić information content (AvgIpc) is 3.48. The Hall–Kier alpha value is -3.78. The SMILES string of the molecule is CCN1CC2(CCN(C(=O)c3cc4cc(Nc5nccc(-c6ccccn6)n5)ccc4[nH]3)C2)C1. The minimum atomic E-state index is 0.0870. The molecule has 4 aromatic rings. The number of benzene rings is 1. The van der Waals surface area contributed by atoms with Crippen LogP contribution in [0, 0.1) is 5.41 Å². The lowest BCUT2D eigenvalue weighted by molar-refractivity contribution is 0.0130. The molecule has 2 aliphatic rings. The van der Waals surface area contributed by atoms with Gasteiger partial charge < -0.3 is 20.1 Å². The molecular formula is C26H27N7O. The lowest BCUT2D eigenvalue weighted by atomic mass is 9.79. The number of aromatic nitrogens is 4. The molecule has 8 nitrogen and oxygen atoms in total. The van der Waals surface area contributed by atoms with Crippen molar-refractivity contribution in [2.45, 2.75) is 13.3 Å². The van der Waals surface area contributed by atoms with Gasteiger partial charge in [-0.1, -0.05) is 13.0 Å². The topological polar surface area (TPSA) is 90.0 Å². The van der Waals surface area contributed by atoms with Gasteiger partial charge in [0.05, 0.1) is 11.4 Å². The number of anilines is 2. The van der Waals surface area contributed by atoms with Gasteiger partial charge in [-0.3, -0.25) is 9.78 Å². The molecule has 8 heteroatoms. The van der Waals surface area contributed by atoms with Crippen molar-refractivity contribution in [3.8, 4) is 11.4 Å². The second-order valence-corrected chi connectivity index (χ2v) is 9.37. The molecule has 2 aliphatic heterocycles. The Balaban J connectivity index is 1.18. The van der Waals surface area contributed by atoms with Crippen molar-refractivity contribution in [2.75, 3.05) is 38.0 Å². The molecule has 3 aromatic heterocycles. The predicted molar refractivity (Wildman–Crippen MR) is 132 cm³/mol. The van der Waals surface area contributed by atoms with Crippen LogP contribution in [-0.2, 0) is 0 Å². The third-order valence-electron chi connectivity index (χ3n) is 6.98. The van der Waals surface area contributed by atoms with Crippen LogP contribution in [0.4, 0.5) is 11.6 Å². The molecule has 34 heavy (non-hydrogen) atoms. The number of hydrogen-bond donors (Lipinski definition) is 2. The van der Waals surface area contributed by atoms with Crippen LogP contribution in [0.3, 0.4) is 0 Å². The number of carbonyl (C=O) groups is 1. The number of carbonyl (C=O) groups excluding carboxylic acids is 1. The summed E-state index contributed by atoms with van der Waals surface area (Å²) in [6.45, 7) is 7.20. The van der Waals surface area contributed by atoms with Gasteiger partial charge in [0.2, 0.25) is 5.95 Å². The monoisotopic (exact) mass is 453 g/mol. The van der Waals surface area contributed by atoms with Crippen LogP contribution in [0.25, 0.3) is 22.3 Å². The molecule has 1 spiro atoms. The Labute approximate surface area is 198 Å². The van der Waals surface area contributed by atoms with Crippen LogP contribution in [0.5, 0.6) is 0 Å². The van der Waals surface area contributed by atoms with Crippen molar-refractivity contribution in [3.63, 3.8) is 0 Å². The minimum absolute atomic E-state index is 0.0870. The van der Waals surface area contributed by atoms with Crippen LogP contribution >= 0.6 is 0 Å². The summed E-state index contributed by atoms with van der Waals surface area (Å²) in [4.78, 5) is 34.2. The van der Waals surface area contributed by atoms with Gasteiger partial charge in [-0.2, -0.15) is 0 Å². The van der Waals surface area contributed by atoms with Crippen molar-refractivity contribution in [1.29, 1.82) is 0 Å². The van der Waals surface area contributed by atoms with Crippen LogP contribution in [0.1, 0.15) is 23.8 Å². The van der Waals surface area contributed by atoms with Crippen LogP contribution < -0.4 is 5.32 Å². The molecule has 5 heterocycles. The molecule has 0 atom stereocenters. The summed E-state index contributed by atoms with van der Waals surface area (Å²) in [5, 5.41) is 4.25. The largest absolute Gasteiger partial charge is 0.351 e. The number of hydrogen-bond acceptors (Lipinski definition) is 6. The third kappa shape index (κ3) is 3.80. The highest BCUT2D eigenvalue weighted by atomic mass is 16.2. The molecule has 1 amide bonds. The number of aromatic amines is 1. The van der Waals surface area contributed by atoms with E-state index in [1.165, 1.54) is 0 Å². The van der Waals surface area contributed by atoms with Gasteiger partial charge in [0, 0.05) is 60.6 Å². The second-order valence-electron chi connectivity index (χ2n) is 9.37. The molecule has 0 radical (unpaired) electrons. The van der Waals surface area contributed by atoms with E-state index >= 15 is 0 Å². The van der Waals surface area contributed by atoms with E-state index in [2.05, 4.69) is 37.1 Å². The zero-order valence-electron chi connectivity index (χ0n) is 19.2. The van der Waals surface area contributed by atoms with E-state index < -0.39 is 0 Å². The molecule has 2 N–H and O–H groups in total. The van der Waals surface area contributed by atoms with Crippen molar-refractivity contribution < 1.29 is 4.79 Å². The number of likely N-dealkylation sites (tertiary alicyclic amines) is 2. The van der Waals surface area contributed by atoms with Crippen molar-refractivity contribution >= 4 is 28.4 Å². The fourth-order valence-corrected chi connectivity index (χ4v) is 5.19. The maximum atomic E-state index is 13.2. The fourth-order valence-electron chi connectivity index (χ4n) is 5.19. The summed E-state index contributed by atoms with van der Waals surface area (Å²) in [5.41, 5.74) is 4.29. The first kappa shape index (κ1) is 20.8. The zero-order chi connectivity index (χ0) is 23.1. The maximum Gasteiger partial charge on any atom is 0.270 e. The molecule has 0 saturated carbocycles. The lowest BCUT2D eigenvalue weighted by Gasteiger charge is -2.47. The number of nitrogens with one attached hydrogen (secondary N) is 2. The number of nitrogens with zero attached hydrogens (tertiary/aromatic N) is 5. The normalized spacial score (nSPS) is 17.3.